The van der Waals surface area contributed by atoms with Gasteiger partial charge in [0.05, 0.1) is 5.56 Å². The second kappa shape index (κ2) is 8.39. The van der Waals surface area contributed by atoms with Crippen LogP contribution >= 0.6 is 11.6 Å². The Morgan fingerprint density at radius 1 is 0.909 bits per heavy atom. The number of carbonyl (C=O) groups excluding carboxylic acids is 1. The zero-order valence-electron chi connectivity index (χ0n) is 16.7. The number of carbonyl (C=O) groups is 1. The summed E-state index contributed by atoms with van der Waals surface area (Å²) in [5.74, 6) is -0.756. The van der Waals surface area contributed by atoms with E-state index in [1.54, 1.807) is 12.1 Å². The van der Waals surface area contributed by atoms with E-state index in [4.69, 9.17) is 17.3 Å². The Kier molecular flexibility index (Phi) is 6.25. The molecular weight excluding hydrogens is 472 g/mol. The number of alkyl halides is 6. The highest BCUT2D eigenvalue weighted by Gasteiger charge is 2.55. The number of amides is 1. The molecule has 0 aliphatic carbocycles. The van der Waals surface area contributed by atoms with Crippen LogP contribution in [-0.2, 0) is 11.8 Å². The zero-order valence-corrected chi connectivity index (χ0v) is 17.4. The van der Waals surface area contributed by atoms with Crippen molar-refractivity contribution in [3.05, 3.63) is 88.5 Å². The molecule has 1 atom stereocenters. The van der Waals surface area contributed by atoms with Gasteiger partial charge in [0.25, 0.3) is 0 Å². The summed E-state index contributed by atoms with van der Waals surface area (Å²) < 4.78 is 81.6. The van der Waals surface area contributed by atoms with Crippen molar-refractivity contribution in [2.24, 2.45) is 5.73 Å². The molecule has 0 radical (unpaired) electrons. The number of nitrogens with two attached hydrogens (primary N) is 1. The van der Waals surface area contributed by atoms with E-state index in [9.17, 15) is 36.2 Å². The van der Waals surface area contributed by atoms with Crippen molar-refractivity contribution in [1.29, 1.82) is 0 Å². The fourth-order valence-electron chi connectivity index (χ4n) is 3.58. The molecule has 3 aromatic rings. The summed E-state index contributed by atoms with van der Waals surface area (Å²) in [6.07, 6.45) is -11.5. The Balaban J connectivity index is 2.15. The Labute approximate surface area is 189 Å². The highest BCUT2D eigenvalue weighted by atomic mass is 35.5. The SMILES string of the molecule is C=C(CC(O)(c1cc(Cl)cc(C(F)(F)F)c1)C(F)(F)F)c1ccc(C(N)=O)c2ccccc12. The van der Waals surface area contributed by atoms with Gasteiger partial charge in [0.2, 0.25) is 5.91 Å². The van der Waals surface area contributed by atoms with Crippen molar-refractivity contribution in [2.45, 2.75) is 24.4 Å². The number of hydrogen-bond donors (Lipinski definition) is 2. The van der Waals surface area contributed by atoms with Gasteiger partial charge in [-0.1, -0.05) is 48.5 Å². The van der Waals surface area contributed by atoms with E-state index in [0.717, 1.165) is 0 Å². The molecule has 0 aliphatic rings. The van der Waals surface area contributed by atoms with Crippen molar-refractivity contribution in [2.75, 3.05) is 0 Å². The van der Waals surface area contributed by atoms with Crippen LogP contribution in [0.4, 0.5) is 26.3 Å². The van der Waals surface area contributed by atoms with Crippen LogP contribution in [0.5, 0.6) is 0 Å². The van der Waals surface area contributed by atoms with Gasteiger partial charge in [-0.2, -0.15) is 26.3 Å². The van der Waals surface area contributed by atoms with E-state index >= 15 is 0 Å². The third-order valence-corrected chi connectivity index (χ3v) is 5.43. The summed E-state index contributed by atoms with van der Waals surface area (Å²) in [5.41, 5.74) is -0.825. The Bertz CT molecular complexity index is 1250. The van der Waals surface area contributed by atoms with Gasteiger partial charge in [0, 0.05) is 17.0 Å². The first kappa shape index (κ1) is 24.6. The monoisotopic (exact) mass is 487 g/mol. The zero-order chi connectivity index (χ0) is 24.8. The summed E-state index contributed by atoms with van der Waals surface area (Å²) in [6, 6.07) is 10.2. The minimum Gasteiger partial charge on any atom is -0.376 e. The predicted molar refractivity (Wildman–Crippen MR) is 113 cm³/mol. The molecule has 3 rings (SSSR count). The molecular formula is C23H16ClF6NO2. The summed E-state index contributed by atoms with van der Waals surface area (Å²) in [4.78, 5) is 11.7. The lowest BCUT2D eigenvalue weighted by molar-refractivity contribution is -0.264. The molecule has 0 spiro atoms. The molecule has 10 heteroatoms. The molecule has 3 nitrogen and oxygen atoms in total. The molecule has 3 aromatic carbocycles. The maximum absolute atomic E-state index is 14.0. The van der Waals surface area contributed by atoms with Crippen LogP contribution in [0.1, 0.15) is 33.5 Å². The van der Waals surface area contributed by atoms with Gasteiger partial charge < -0.3 is 10.8 Å². The second-order valence-corrected chi connectivity index (χ2v) is 7.87. The quantitative estimate of drug-likeness (QED) is 0.405. The summed E-state index contributed by atoms with van der Waals surface area (Å²) in [7, 11) is 0. The standard InChI is InChI=1S/C23H16ClF6NO2/c1-12(16-6-7-19(20(31)32)18-5-3-2-4-17(16)18)11-21(33,23(28,29)30)13-8-14(22(25,26)27)10-15(24)9-13/h2-10,33H,1,11H2,(H2,31,32). The van der Waals surface area contributed by atoms with Crippen molar-refractivity contribution in [1.82, 2.24) is 0 Å². The molecule has 0 saturated carbocycles. The molecule has 174 valence electrons. The largest absolute Gasteiger partial charge is 0.421 e. The third-order valence-electron chi connectivity index (χ3n) is 5.21. The van der Waals surface area contributed by atoms with Crippen LogP contribution < -0.4 is 5.73 Å². The molecule has 0 aromatic heterocycles. The summed E-state index contributed by atoms with van der Waals surface area (Å²) in [5, 5.41) is 10.8. The number of fused-ring (bicyclic) bond motifs is 1. The smallest absolute Gasteiger partial charge is 0.376 e. The number of halogens is 7. The third kappa shape index (κ3) is 4.69. The molecule has 3 N–H and O–H groups in total. The molecule has 0 heterocycles. The second-order valence-electron chi connectivity index (χ2n) is 7.44. The van der Waals surface area contributed by atoms with Gasteiger partial charge in [-0.05, 0) is 51.7 Å². The first-order chi connectivity index (χ1) is 15.1. The van der Waals surface area contributed by atoms with Gasteiger partial charge in [-0.3, -0.25) is 4.79 Å². The predicted octanol–water partition coefficient (Wildman–Crippen LogP) is 6.46. The van der Waals surface area contributed by atoms with E-state index in [0.29, 0.717) is 22.9 Å². The maximum atomic E-state index is 14.0. The van der Waals surface area contributed by atoms with E-state index < -0.39 is 46.4 Å². The number of rotatable bonds is 5. The summed E-state index contributed by atoms with van der Waals surface area (Å²) in [6.45, 7) is 3.64. The van der Waals surface area contributed by atoms with Crippen LogP contribution in [0.25, 0.3) is 16.3 Å². The van der Waals surface area contributed by atoms with Crippen molar-refractivity contribution in [3.8, 4) is 0 Å². The number of aliphatic hydroxyl groups is 1. The first-order valence-corrected chi connectivity index (χ1v) is 9.70. The van der Waals surface area contributed by atoms with E-state index in [-0.39, 0.29) is 22.8 Å². The van der Waals surface area contributed by atoms with Gasteiger partial charge >= 0.3 is 12.4 Å². The molecule has 0 saturated heterocycles. The number of benzene rings is 3. The first-order valence-electron chi connectivity index (χ1n) is 9.32. The van der Waals surface area contributed by atoms with E-state index in [1.165, 1.54) is 24.3 Å². The van der Waals surface area contributed by atoms with Crippen molar-refractivity contribution < 1.29 is 36.2 Å². The van der Waals surface area contributed by atoms with Crippen LogP contribution in [0.3, 0.4) is 0 Å². The highest BCUT2D eigenvalue weighted by Crippen LogP contribution is 2.47. The lowest BCUT2D eigenvalue weighted by Crippen LogP contribution is -2.42. The molecule has 0 fully saturated rings. The molecule has 1 unspecified atom stereocenters. The number of primary amides is 1. The van der Waals surface area contributed by atoms with E-state index in [2.05, 4.69) is 6.58 Å². The average molecular weight is 488 g/mol. The fourth-order valence-corrected chi connectivity index (χ4v) is 3.82. The molecule has 33 heavy (non-hydrogen) atoms. The fraction of sp³-hybridized carbons (Fsp3) is 0.174. The van der Waals surface area contributed by atoms with Crippen LogP contribution in [-0.4, -0.2) is 17.2 Å². The lowest BCUT2D eigenvalue weighted by Gasteiger charge is -2.32. The van der Waals surface area contributed by atoms with Crippen molar-refractivity contribution >= 4 is 33.9 Å². The Hall–Kier alpha value is -3.04. The average Bonchev–Trinajstić information content (AvgIpc) is 2.70. The van der Waals surface area contributed by atoms with Gasteiger partial charge in [-0.15, -0.1) is 0 Å². The molecule has 0 bridgehead atoms. The van der Waals surface area contributed by atoms with Gasteiger partial charge in [0.1, 0.15) is 0 Å². The minimum absolute atomic E-state index is 0.123. The maximum Gasteiger partial charge on any atom is 0.421 e. The Morgan fingerprint density at radius 3 is 1.94 bits per heavy atom. The van der Waals surface area contributed by atoms with E-state index in [1.807, 2.05) is 0 Å². The van der Waals surface area contributed by atoms with Crippen LogP contribution in [0.15, 0.2) is 61.2 Å². The van der Waals surface area contributed by atoms with Crippen LogP contribution in [0.2, 0.25) is 5.02 Å². The van der Waals surface area contributed by atoms with Crippen molar-refractivity contribution in [3.63, 3.8) is 0 Å². The normalized spacial score (nSPS) is 14.2. The van der Waals surface area contributed by atoms with Crippen LogP contribution in [0, 0.1) is 0 Å². The molecule has 1 amide bonds. The topological polar surface area (TPSA) is 63.3 Å². The van der Waals surface area contributed by atoms with Gasteiger partial charge in [-0.25, -0.2) is 0 Å². The lowest BCUT2D eigenvalue weighted by atomic mass is 9.83. The Morgan fingerprint density at radius 2 is 1.42 bits per heavy atom. The summed E-state index contributed by atoms with van der Waals surface area (Å²) >= 11 is 5.65. The molecule has 0 aliphatic heterocycles. The number of hydrogen-bond acceptors (Lipinski definition) is 2. The minimum atomic E-state index is -5.37. The van der Waals surface area contributed by atoms with Gasteiger partial charge in [0.15, 0.2) is 5.60 Å². The highest BCUT2D eigenvalue weighted by molar-refractivity contribution is 6.30.